The molecule has 0 aliphatic heterocycles. The van der Waals surface area contributed by atoms with Crippen molar-refractivity contribution in [3.8, 4) is 11.5 Å². The maximum atomic E-state index is 13.8. The molecule has 2 atom stereocenters. The summed E-state index contributed by atoms with van der Waals surface area (Å²) >= 11 is 0. The van der Waals surface area contributed by atoms with Gasteiger partial charge in [0.2, 0.25) is 17.6 Å². The Morgan fingerprint density at radius 3 is 2.56 bits per heavy atom. The minimum absolute atomic E-state index is 0.0157. The number of benzene rings is 2. The lowest BCUT2D eigenvalue weighted by molar-refractivity contribution is -0.122. The van der Waals surface area contributed by atoms with E-state index in [1.807, 2.05) is 12.1 Å². The zero-order valence-corrected chi connectivity index (χ0v) is 21.6. The first kappa shape index (κ1) is 28.0. The first-order valence-electron chi connectivity index (χ1n) is 12.8. The lowest BCUT2D eigenvalue weighted by atomic mass is 10.00. The van der Waals surface area contributed by atoms with Crippen LogP contribution in [0.1, 0.15) is 35.9 Å². The van der Waals surface area contributed by atoms with Crippen LogP contribution in [0.5, 0.6) is 0 Å². The molecular formula is C29H31F2N5O3. The van der Waals surface area contributed by atoms with Gasteiger partial charge in [-0.2, -0.15) is 4.98 Å². The van der Waals surface area contributed by atoms with Crippen LogP contribution in [0.3, 0.4) is 0 Å². The van der Waals surface area contributed by atoms with E-state index in [1.165, 1.54) is 17.7 Å². The van der Waals surface area contributed by atoms with Gasteiger partial charge < -0.3 is 20.3 Å². The lowest BCUT2D eigenvalue weighted by Gasteiger charge is -2.25. The highest BCUT2D eigenvalue weighted by atomic mass is 19.1. The van der Waals surface area contributed by atoms with E-state index < -0.39 is 23.8 Å². The summed E-state index contributed by atoms with van der Waals surface area (Å²) in [5.74, 6) is -1.23. The number of aliphatic hydroxyl groups is 1. The molecule has 0 fully saturated rings. The summed E-state index contributed by atoms with van der Waals surface area (Å²) in [6.07, 6.45) is 1.75. The Morgan fingerprint density at radius 2 is 1.82 bits per heavy atom. The molecule has 0 bridgehead atoms. The van der Waals surface area contributed by atoms with Crippen molar-refractivity contribution >= 4 is 5.91 Å². The molecule has 4 rings (SSSR count). The third-order valence-corrected chi connectivity index (χ3v) is 6.20. The van der Waals surface area contributed by atoms with E-state index in [2.05, 4.69) is 44.8 Å². The monoisotopic (exact) mass is 535 g/mol. The topological polar surface area (TPSA) is 113 Å². The Hall–Kier alpha value is -4.02. The maximum Gasteiger partial charge on any atom is 0.227 e. The van der Waals surface area contributed by atoms with Crippen LogP contribution in [-0.4, -0.2) is 44.8 Å². The van der Waals surface area contributed by atoms with Gasteiger partial charge >= 0.3 is 0 Å². The average Bonchev–Trinajstić information content (AvgIpc) is 3.41. The molecule has 0 saturated heterocycles. The molecule has 0 aliphatic carbocycles. The first-order chi connectivity index (χ1) is 18.9. The molecule has 2 aromatic carbocycles. The molecule has 1 amide bonds. The van der Waals surface area contributed by atoms with E-state index >= 15 is 0 Å². The molecule has 204 valence electrons. The molecule has 0 aliphatic rings. The van der Waals surface area contributed by atoms with Crippen molar-refractivity contribution in [2.45, 2.75) is 51.3 Å². The summed E-state index contributed by atoms with van der Waals surface area (Å²) in [5, 5.41) is 20.8. The van der Waals surface area contributed by atoms with Gasteiger partial charge in [-0.15, -0.1) is 0 Å². The second-order valence-electron chi connectivity index (χ2n) is 9.25. The summed E-state index contributed by atoms with van der Waals surface area (Å²) < 4.78 is 32.8. The number of nitrogens with one attached hydrogen (secondary N) is 2. The standard InChI is InChI=1S/C29H31F2N5O3/c1-2-19-6-5-7-20(12-19)17-32-18-26(37)25(15-21-13-22(30)16-23(31)14-21)34-27(38)9-10-28-35-29(36-39-28)24-8-3-4-11-33-24/h3-8,11-14,16,25-26,32,37H,2,9-10,15,17-18H2,1H3,(H,34,38)/t25-,26-/m1/s1. The fraction of sp³-hybridized carbons (Fsp3) is 0.310. The van der Waals surface area contributed by atoms with Gasteiger partial charge in [-0.25, -0.2) is 8.78 Å². The zero-order valence-electron chi connectivity index (χ0n) is 21.6. The van der Waals surface area contributed by atoms with Gasteiger partial charge in [-0.05, 0) is 53.8 Å². The molecular weight excluding hydrogens is 504 g/mol. The Kier molecular flexibility index (Phi) is 9.82. The number of amides is 1. The third-order valence-electron chi connectivity index (χ3n) is 6.20. The van der Waals surface area contributed by atoms with Gasteiger partial charge in [-0.3, -0.25) is 9.78 Å². The number of carbonyl (C=O) groups excluding carboxylic acids is 1. The predicted octanol–water partition coefficient (Wildman–Crippen LogP) is 3.78. The van der Waals surface area contributed by atoms with Crippen molar-refractivity contribution in [1.29, 1.82) is 0 Å². The van der Waals surface area contributed by atoms with E-state index in [-0.39, 0.29) is 37.6 Å². The normalized spacial score (nSPS) is 12.7. The summed E-state index contributed by atoms with van der Waals surface area (Å²) in [7, 11) is 0. The summed E-state index contributed by atoms with van der Waals surface area (Å²) in [4.78, 5) is 21.2. The van der Waals surface area contributed by atoms with Gasteiger partial charge in [0.25, 0.3) is 0 Å². The van der Waals surface area contributed by atoms with Gasteiger partial charge in [0.1, 0.15) is 17.3 Å². The van der Waals surface area contributed by atoms with E-state index in [0.29, 0.717) is 23.6 Å². The summed E-state index contributed by atoms with van der Waals surface area (Å²) in [6.45, 7) is 2.77. The molecule has 39 heavy (non-hydrogen) atoms. The van der Waals surface area contributed by atoms with Gasteiger partial charge in [0, 0.05) is 38.2 Å². The Morgan fingerprint density at radius 1 is 1.03 bits per heavy atom. The van der Waals surface area contributed by atoms with E-state index in [4.69, 9.17) is 4.52 Å². The van der Waals surface area contributed by atoms with Crippen LogP contribution in [0, 0.1) is 11.6 Å². The third kappa shape index (κ3) is 8.49. The SMILES string of the molecule is CCc1cccc(CNC[C@@H](O)[C@@H](Cc2cc(F)cc(F)c2)NC(=O)CCc2nc(-c3ccccn3)no2)c1. The average molecular weight is 536 g/mol. The van der Waals surface area contributed by atoms with Crippen molar-refractivity contribution in [3.05, 3.63) is 101 Å². The molecule has 8 nitrogen and oxygen atoms in total. The molecule has 0 radical (unpaired) electrons. The van der Waals surface area contributed by atoms with Crippen molar-refractivity contribution in [3.63, 3.8) is 0 Å². The van der Waals surface area contributed by atoms with E-state index in [0.717, 1.165) is 18.1 Å². The van der Waals surface area contributed by atoms with Crippen LogP contribution in [0.25, 0.3) is 11.5 Å². The second kappa shape index (κ2) is 13.7. The minimum Gasteiger partial charge on any atom is -0.390 e. The van der Waals surface area contributed by atoms with Crippen LogP contribution in [0.15, 0.2) is 71.4 Å². The number of halogens is 2. The number of pyridine rings is 1. The quantitative estimate of drug-likeness (QED) is 0.239. The second-order valence-corrected chi connectivity index (χ2v) is 9.25. The smallest absolute Gasteiger partial charge is 0.227 e. The number of carbonyl (C=O) groups is 1. The van der Waals surface area contributed by atoms with E-state index in [1.54, 1.807) is 24.4 Å². The molecule has 0 unspecified atom stereocenters. The number of hydrogen-bond donors (Lipinski definition) is 3. The number of rotatable bonds is 13. The number of aromatic nitrogens is 3. The van der Waals surface area contributed by atoms with Crippen LogP contribution in [-0.2, 0) is 30.6 Å². The lowest BCUT2D eigenvalue weighted by Crippen LogP contribution is -2.48. The van der Waals surface area contributed by atoms with Crippen molar-refractivity contribution in [2.75, 3.05) is 6.54 Å². The van der Waals surface area contributed by atoms with Crippen molar-refractivity contribution in [1.82, 2.24) is 25.8 Å². The molecule has 0 saturated carbocycles. The fourth-order valence-corrected chi connectivity index (χ4v) is 4.19. The Bertz CT molecular complexity index is 1350. The number of aliphatic hydroxyl groups excluding tert-OH is 1. The molecule has 4 aromatic rings. The van der Waals surface area contributed by atoms with Crippen LogP contribution in [0.4, 0.5) is 8.78 Å². The molecule has 2 heterocycles. The highest BCUT2D eigenvalue weighted by Gasteiger charge is 2.23. The highest BCUT2D eigenvalue weighted by Crippen LogP contribution is 2.14. The van der Waals surface area contributed by atoms with Crippen LogP contribution < -0.4 is 10.6 Å². The zero-order chi connectivity index (χ0) is 27.6. The number of aryl methyl sites for hydroxylation is 2. The molecule has 10 heteroatoms. The van der Waals surface area contributed by atoms with Crippen LogP contribution >= 0.6 is 0 Å². The maximum absolute atomic E-state index is 13.8. The van der Waals surface area contributed by atoms with Crippen molar-refractivity contribution in [2.24, 2.45) is 0 Å². The predicted molar refractivity (Wildman–Crippen MR) is 141 cm³/mol. The summed E-state index contributed by atoms with van der Waals surface area (Å²) in [6, 6.07) is 15.8. The Labute approximate surface area is 225 Å². The molecule has 3 N–H and O–H groups in total. The number of hydrogen-bond acceptors (Lipinski definition) is 7. The first-order valence-corrected chi connectivity index (χ1v) is 12.8. The molecule has 0 spiro atoms. The fourth-order valence-electron chi connectivity index (χ4n) is 4.19. The van der Waals surface area contributed by atoms with Gasteiger partial charge in [-0.1, -0.05) is 42.4 Å². The van der Waals surface area contributed by atoms with Crippen molar-refractivity contribution < 1.29 is 23.2 Å². The summed E-state index contributed by atoms with van der Waals surface area (Å²) in [5.41, 5.74) is 3.15. The van der Waals surface area contributed by atoms with Gasteiger partial charge in [0.15, 0.2) is 0 Å². The Balaban J connectivity index is 1.37. The molecule has 2 aromatic heterocycles. The van der Waals surface area contributed by atoms with Gasteiger partial charge in [0.05, 0.1) is 12.1 Å². The van der Waals surface area contributed by atoms with Crippen LogP contribution in [0.2, 0.25) is 0 Å². The largest absolute Gasteiger partial charge is 0.390 e. The number of nitrogens with zero attached hydrogens (tertiary/aromatic N) is 3. The van der Waals surface area contributed by atoms with E-state index in [9.17, 15) is 18.7 Å². The minimum atomic E-state index is -1.02. The highest BCUT2D eigenvalue weighted by molar-refractivity contribution is 5.76.